The van der Waals surface area contributed by atoms with E-state index in [1.807, 2.05) is 0 Å². The highest BCUT2D eigenvalue weighted by atomic mass is 127. The molecule has 1 saturated heterocycles. The molecule has 0 radical (unpaired) electrons. The fourth-order valence-corrected chi connectivity index (χ4v) is 1.01. The summed E-state index contributed by atoms with van der Waals surface area (Å²) in [4.78, 5) is 4.88. The molecule has 0 spiro atoms. The number of β-amino-alcohol motifs (C(OH)–C–C–N with tert-alkyl or cyclic N) is 1. The molecule has 0 aliphatic carbocycles. The largest absolute Gasteiger partial charge is 0.389 e. The van der Waals surface area contributed by atoms with Gasteiger partial charge < -0.3 is 8.17 Å². The number of rotatable bonds is 2. The molecule has 9 heavy (non-hydrogen) atoms. The van der Waals surface area contributed by atoms with E-state index in [1.54, 1.807) is 23.0 Å². The van der Waals surface area contributed by atoms with Gasteiger partial charge >= 0.3 is 0 Å². The second kappa shape index (κ2) is 3.67. The van der Waals surface area contributed by atoms with E-state index in [-0.39, 0.29) is 6.10 Å². The van der Waals surface area contributed by atoms with E-state index < -0.39 is 6.10 Å². The normalized spacial score (nSPS) is 35.3. The summed E-state index contributed by atoms with van der Waals surface area (Å²) in [6.07, 6.45) is -0.637. The number of aliphatic hydroxyl groups is 1. The Morgan fingerprint density at radius 2 is 2.67 bits per heavy atom. The summed E-state index contributed by atoms with van der Waals surface area (Å²) in [6.45, 7) is 0.916. The van der Waals surface area contributed by atoms with Crippen LogP contribution in [0.3, 0.4) is 0 Å². The summed E-state index contributed by atoms with van der Waals surface area (Å²) in [5.41, 5.74) is 2.57. The molecule has 0 bridgehead atoms. The van der Waals surface area contributed by atoms with Gasteiger partial charge in [-0.05, 0) is 0 Å². The number of aliphatic hydroxyl groups excluding tert-OH is 1. The smallest absolute Gasteiger partial charge is 0.130 e. The quantitative estimate of drug-likeness (QED) is 0.651. The topological polar surface area (TPSA) is 50.7 Å². The predicted octanol–water partition coefficient (Wildman–Crippen LogP) is -0.383. The molecule has 0 unspecified atom stereocenters. The van der Waals surface area contributed by atoms with Crippen LogP contribution in [-0.4, -0.2) is 30.5 Å². The predicted molar refractivity (Wildman–Crippen MR) is 38.9 cm³/mol. The number of nitrogens with one attached hydrogen (secondary N) is 1. The molecule has 1 heterocycles. The first-order valence-corrected chi connectivity index (χ1v) is 3.53. The van der Waals surface area contributed by atoms with Gasteiger partial charge in [-0.1, -0.05) is 0 Å². The first-order chi connectivity index (χ1) is 4.34. The molecule has 0 aromatic carbocycles. The molecule has 4 nitrogen and oxygen atoms in total. The van der Waals surface area contributed by atoms with Crippen LogP contribution in [0.5, 0.6) is 0 Å². The van der Waals surface area contributed by atoms with Crippen molar-refractivity contribution in [2.45, 2.75) is 12.2 Å². The fraction of sp³-hybridized carbons (Fsp3) is 1.00. The molecular weight excluding hydrogens is 237 g/mol. The number of hydrogen-bond donors (Lipinski definition) is 2. The van der Waals surface area contributed by atoms with E-state index in [0.29, 0.717) is 13.2 Å². The monoisotopic (exact) mass is 245 g/mol. The Bertz CT molecular complexity index is 91.9. The molecule has 0 aromatic heterocycles. The van der Waals surface area contributed by atoms with Gasteiger partial charge in [0.15, 0.2) is 0 Å². The maximum atomic E-state index is 9.05. The van der Waals surface area contributed by atoms with Gasteiger partial charge in [0.25, 0.3) is 0 Å². The molecular formula is C4H8INO3. The molecule has 0 amide bonds. The number of halogens is 1. The Balaban J connectivity index is 2.22. The summed E-state index contributed by atoms with van der Waals surface area (Å²) in [5, 5.41) is 9.05. The van der Waals surface area contributed by atoms with Gasteiger partial charge in [0, 0.05) is 6.54 Å². The van der Waals surface area contributed by atoms with Crippen LogP contribution in [-0.2, 0) is 7.90 Å². The maximum Gasteiger partial charge on any atom is 0.130 e. The van der Waals surface area contributed by atoms with Crippen LogP contribution < -0.4 is 5.48 Å². The highest BCUT2D eigenvalue weighted by Crippen LogP contribution is 2.05. The lowest BCUT2D eigenvalue weighted by molar-refractivity contribution is -0.0166. The van der Waals surface area contributed by atoms with Crippen molar-refractivity contribution < 1.29 is 13.0 Å². The fourth-order valence-electron chi connectivity index (χ4n) is 0.658. The standard InChI is InChI=1S/C4H8INO3/c5-8-2-4-3(7)1-6-9-4/h3-4,6-7H,1-2H2/t3-,4+/m0/s1. The van der Waals surface area contributed by atoms with Crippen LogP contribution in [0.4, 0.5) is 0 Å². The van der Waals surface area contributed by atoms with Crippen molar-refractivity contribution in [3.8, 4) is 0 Å². The molecule has 54 valence electrons. The number of hydroxylamine groups is 1. The zero-order valence-electron chi connectivity index (χ0n) is 4.71. The molecule has 0 saturated carbocycles. The molecule has 1 rings (SSSR count). The second-order valence-corrected chi connectivity index (χ2v) is 2.47. The van der Waals surface area contributed by atoms with Crippen molar-refractivity contribution in [3.05, 3.63) is 0 Å². The maximum absolute atomic E-state index is 9.05. The minimum atomic E-state index is -0.431. The summed E-state index contributed by atoms with van der Waals surface area (Å²) < 4.78 is 4.74. The molecule has 2 N–H and O–H groups in total. The lowest BCUT2D eigenvalue weighted by atomic mass is 10.2. The molecule has 0 aromatic rings. The van der Waals surface area contributed by atoms with Gasteiger partial charge in [0.2, 0.25) is 0 Å². The summed E-state index contributed by atoms with van der Waals surface area (Å²) in [5.74, 6) is 0. The van der Waals surface area contributed by atoms with Crippen molar-refractivity contribution in [3.63, 3.8) is 0 Å². The van der Waals surface area contributed by atoms with Crippen LogP contribution in [0.2, 0.25) is 0 Å². The Morgan fingerprint density at radius 3 is 3.11 bits per heavy atom. The van der Waals surface area contributed by atoms with E-state index in [2.05, 4.69) is 5.48 Å². The van der Waals surface area contributed by atoms with Crippen LogP contribution in [0.15, 0.2) is 0 Å². The first kappa shape index (κ1) is 7.67. The van der Waals surface area contributed by atoms with E-state index in [0.717, 1.165) is 0 Å². The van der Waals surface area contributed by atoms with E-state index >= 15 is 0 Å². The minimum absolute atomic E-state index is 0.207. The van der Waals surface area contributed by atoms with Gasteiger partial charge in [-0.25, -0.2) is 0 Å². The van der Waals surface area contributed by atoms with Gasteiger partial charge in [0.05, 0.1) is 12.7 Å². The Kier molecular flexibility index (Phi) is 3.13. The van der Waals surface area contributed by atoms with Crippen molar-refractivity contribution in [2.75, 3.05) is 13.2 Å². The van der Waals surface area contributed by atoms with Crippen molar-refractivity contribution in [1.29, 1.82) is 0 Å². The molecule has 1 fully saturated rings. The Morgan fingerprint density at radius 1 is 1.89 bits per heavy atom. The highest BCUT2D eigenvalue weighted by molar-refractivity contribution is 14.1. The van der Waals surface area contributed by atoms with Gasteiger partial charge in [0.1, 0.15) is 29.1 Å². The lowest BCUT2D eigenvalue weighted by Gasteiger charge is -2.07. The minimum Gasteiger partial charge on any atom is -0.389 e. The molecule has 1 aliphatic heterocycles. The third kappa shape index (κ3) is 2.01. The molecule has 2 atom stereocenters. The summed E-state index contributed by atoms with van der Waals surface area (Å²) in [6, 6.07) is 0. The first-order valence-electron chi connectivity index (χ1n) is 2.64. The Hall–Kier alpha value is 0.570. The van der Waals surface area contributed by atoms with E-state index in [9.17, 15) is 0 Å². The third-order valence-electron chi connectivity index (χ3n) is 1.18. The zero-order valence-corrected chi connectivity index (χ0v) is 6.87. The van der Waals surface area contributed by atoms with Crippen LogP contribution in [0, 0.1) is 0 Å². The SMILES string of the molecule is O[C@H]1CNO[C@@H]1COI. The average Bonchev–Trinajstić information content (AvgIpc) is 2.18. The summed E-state index contributed by atoms with van der Waals surface area (Å²) >= 11 is 1.77. The zero-order chi connectivity index (χ0) is 6.69. The third-order valence-corrected chi connectivity index (χ3v) is 1.54. The van der Waals surface area contributed by atoms with Crippen LogP contribution in [0.25, 0.3) is 0 Å². The van der Waals surface area contributed by atoms with E-state index in [4.69, 9.17) is 13.0 Å². The lowest BCUT2D eigenvalue weighted by Crippen LogP contribution is -2.26. The van der Waals surface area contributed by atoms with Crippen molar-refractivity contribution in [1.82, 2.24) is 5.48 Å². The average molecular weight is 245 g/mol. The molecule has 5 heteroatoms. The van der Waals surface area contributed by atoms with Gasteiger partial charge in [-0.15, -0.1) is 0 Å². The molecule has 1 aliphatic rings. The summed E-state index contributed by atoms with van der Waals surface area (Å²) in [7, 11) is 0. The van der Waals surface area contributed by atoms with Crippen LogP contribution >= 0.6 is 23.0 Å². The van der Waals surface area contributed by atoms with Gasteiger partial charge in [-0.2, -0.15) is 5.48 Å². The van der Waals surface area contributed by atoms with Gasteiger partial charge in [-0.3, -0.25) is 4.84 Å². The highest BCUT2D eigenvalue weighted by Gasteiger charge is 2.26. The van der Waals surface area contributed by atoms with Crippen LogP contribution in [0.1, 0.15) is 0 Å². The Labute approximate surface area is 67.2 Å². The van der Waals surface area contributed by atoms with E-state index in [1.165, 1.54) is 0 Å². The second-order valence-electron chi connectivity index (χ2n) is 1.85. The van der Waals surface area contributed by atoms with Crippen molar-refractivity contribution >= 4 is 23.0 Å². The number of hydrogen-bond acceptors (Lipinski definition) is 4. The van der Waals surface area contributed by atoms with Crippen molar-refractivity contribution in [2.24, 2.45) is 0 Å².